The highest BCUT2D eigenvalue weighted by Crippen LogP contribution is 2.43. The Balaban J connectivity index is 1.56. The summed E-state index contributed by atoms with van der Waals surface area (Å²) in [6.45, 7) is 5.78. The van der Waals surface area contributed by atoms with Crippen LogP contribution in [0, 0.1) is 6.92 Å². The molecule has 2 aromatic rings. The Morgan fingerprint density at radius 3 is 2.53 bits per heavy atom. The summed E-state index contributed by atoms with van der Waals surface area (Å²) in [4.78, 5) is 24.9. The second-order valence-corrected chi connectivity index (χ2v) is 15.7. The maximum atomic E-state index is 13.6. The van der Waals surface area contributed by atoms with E-state index in [4.69, 9.17) is 0 Å². The van der Waals surface area contributed by atoms with E-state index in [1.165, 1.54) is 0 Å². The smallest absolute Gasteiger partial charge is 0.258 e. The van der Waals surface area contributed by atoms with Gasteiger partial charge in [-0.25, -0.2) is 28.8 Å². The van der Waals surface area contributed by atoms with Crippen LogP contribution in [-0.4, -0.2) is 64.7 Å². The van der Waals surface area contributed by atoms with E-state index in [0.717, 1.165) is 41.7 Å². The monoisotopic (exact) mass is 537 g/mol. The Hall–Kier alpha value is -2.07. The molecule has 0 bridgehead atoms. The first-order chi connectivity index (χ1) is 17.0. The number of aromatic nitrogens is 2. The van der Waals surface area contributed by atoms with Gasteiger partial charge in [0.15, 0.2) is 0 Å². The van der Waals surface area contributed by atoms with Gasteiger partial charge in [0.2, 0.25) is 5.92 Å². The molecule has 0 atom stereocenters. The van der Waals surface area contributed by atoms with Crippen LogP contribution < -0.4 is 14.9 Å². The Labute approximate surface area is 218 Å². The second-order valence-electron chi connectivity index (χ2n) is 10.3. The molecule has 1 aliphatic carbocycles. The van der Waals surface area contributed by atoms with Gasteiger partial charge < -0.3 is 14.9 Å². The first kappa shape index (κ1) is 27.0. The molecule has 2 heterocycles. The fourth-order valence-electron chi connectivity index (χ4n) is 4.69. The van der Waals surface area contributed by atoms with Gasteiger partial charge in [-0.2, -0.15) is 0 Å². The minimum absolute atomic E-state index is 0.114. The van der Waals surface area contributed by atoms with Gasteiger partial charge in [-0.1, -0.05) is 18.9 Å². The van der Waals surface area contributed by atoms with Crippen LogP contribution in [0.1, 0.15) is 60.4 Å². The zero-order chi connectivity index (χ0) is 25.9. The molecule has 1 saturated carbocycles. The molecule has 10 heteroatoms. The Morgan fingerprint density at radius 2 is 1.86 bits per heavy atom. The summed E-state index contributed by atoms with van der Waals surface area (Å²) >= 11 is 1.62. The quantitative estimate of drug-likeness (QED) is 0.404. The van der Waals surface area contributed by atoms with Crippen LogP contribution in [0.25, 0.3) is 0 Å². The summed E-state index contributed by atoms with van der Waals surface area (Å²) in [6, 6.07) is 7.59. The SMILES string of the molecule is CCSNc1ccc(C(=O)Nc2cc(C)nc(C3CCC(F)(F)CC3)n2)c(N2CCS(C)(C)CC2)c1. The molecule has 2 aliphatic rings. The lowest BCUT2D eigenvalue weighted by Crippen LogP contribution is -2.39. The van der Waals surface area contributed by atoms with E-state index < -0.39 is 16.0 Å². The van der Waals surface area contributed by atoms with Crippen LogP contribution in [0.2, 0.25) is 0 Å². The third kappa shape index (κ3) is 6.82. The van der Waals surface area contributed by atoms with Gasteiger partial charge >= 0.3 is 0 Å². The Kier molecular flexibility index (Phi) is 8.34. The first-order valence-corrected chi connectivity index (χ1v) is 16.3. The predicted molar refractivity (Wildman–Crippen MR) is 150 cm³/mol. The molecule has 2 fully saturated rings. The average molecular weight is 538 g/mol. The van der Waals surface area contributed by atoms with Gasteiger partial charge in [0.05, 0.1) is 11.3 Å². The standard InChI is InChI=1S/C26H37F2N5OS2/c1-5-35-32-20-6-7-21(22(17-20)33-12-14-36(3,4)15-13-33)25(34)31-23-16-18(2)29-24(30-23)19-8-10-26(27,28)11-9-19/h6-7,16-17,19,32H,5,8-15H2,1-4H3,(H,29,30,31,34). The fraction of sp³-hybridized carbons (Fsp3) is 0.577. The molecule has 36 heavy (non-hydrogen) atoms. The van der Waals surface area contributed by atoms with Crippen LogP contribution in [0.4, 0.5) is 26.0 Å². The number of carbonyl (C=O) groups is 1. The molecule has 6 nitrogen and oxygen atoms in total. The number of hydrogen-bond donors (Lipinski definition) is 2. The molecular formula is C26H37F2N5OS2. The van der Waals surface area contributed by atoms with E-state index in [1.54, 1.807) is 18.0 Å². The number of benzene rings is 1. The van der Waals surface area contributed by atoms with Crippen molar-refractivity contribution in [2.24, 2.45) is 0 Å². The van der Waals surface area contributed by atoms with Crippen molar-refractivity contribution in [3.05, 3.63) is 41.3 Å². The molecule has 1 aliphatic heterocycles. The maximum Gasteiger partial charge on any atom is 0.258 e. The normalized spacial score (nSPS) is 20.6. The molecular weight excluding hydrogens is 500 g/mol. The molecule has 2 N–H and O–H groups in total. The number of aryl methyl sites for hydroxylation is 1. The third-order valence-corrected chi connectivity index (χ3v) is 10.2. The number of nitrogens with one attached hydrogen (secondary N) is 2. The first-order valence-electron chi connectivity index (χ1n) is 12.6. The van der Waals surface area contributed by atoms with Crippen molar-refractivity contribution in [3.63, 3.8) is 0 Å². The summed E-state index contributed by atoms with van der Waals surface area (Å²) in [5.41, 5.74) is 3.21. The largest absolute Gasteiger partial charge is 0.369 e. The van der Waals surface area contributed by atoms with Crippen LogP contribution in [-0.2, 0) is 0 Å². The Bertz CT molecular complexity index is 1080. The van der Waals surface area contributed by atoms with E-state index in [1.807, 2.05) is 19.1 Å². The number of anilines is 3. The van der Waals surface area contributed by atoms with E-state index >= 15 is 0 Å². The summed E-state index contributed by atoms with van der Waals surface area (Å²) in [5.74, 6) is 1.24. The van der Waals surface area contributed by atoms with Gasteiger partial charge in [-0.15, -0.1) is 0 Å². The van der Waals surface area contributed by atoms with Crippen molar-refractivity contribution in [1.29, 1.82) is 0 Å². The molecule has 198 valence electrons. The van der Waals surface area contributed by atoms with Crippen molar-refractivity contribution in [2.75, 3.05) is 57.8 Å². The molecule has 1 saturated heterocycles. The molecule has 1 aromatic carbocycles. The average Bonchev–Trinajstić information content (AvgIpc) is 2.82. The van der Waals surface area contributed by atoms with Crippen molar-refractivity contribution in [3.8, 4) is 0 Å². The topological polar surface area (TPSA) is 70.1 Å². The van der Waals surface area contributed by atoms with E-state index in [-0.39, 0.29) is 24.7 Å². The minimum atomic E-state index is -2.60. The number of hydrogen-bond acceptors (Lipinski definition) is 6. The number of alkyl halides is 2. The lowest BCUT2D eigenvalue weighted by molar-refractivity contribution is -0.0387. The second kappa shape index (κ2) is 11.1. The van der Waals surface area contributed by atoms with Gasteiger partial charge in [-0.3, -0.25) is 4.79 Å². The zero-order valence-corrected chi connectivity index (χ0v) is 23.2. The number of halogens is 2. The molecule has 0 spiro atoms. The van der Waals surface area contributed by atoms with Crippen LogP contribution in [0.3, 0.4) is 0 Å². The number of amides is 1. The summed E-state index contributed by atoms with van der Waals surface area (Å²) in [5, 5.41) is 2.97. The lowest BCUT2D eigenvalue weighted by Gasteiger charge is -2.42. The maximum absolute atomic E-state index is 13.6. The molecule has 1 amide bonds. The van der Waals surface area contributed by atoms with Crippen LogP contribution >= 0.6 is 22.0 Å². The van der Waals surface area contributed by atoms with Gasteiger partial charge in [0, 0.05) is 55.0 Å². The van der Waals surface area contributed by atoms with E-state index in [2.05, 4.69) is 50.4 Å². The highest BCUT2D eigenvalue weighted by Gasteiger charge is 2.36. The number of rotatable bonds is 7. The van der Waals surface area contributed by atoms with E-state index in [0.29, 0.717) is 35.7 Å². The molecule has 0 radical (unpaired) electrons. The minimum Gasteiger partial charge on any atom is -0.369 e. The molecule has 0 unspecified atom stereocenters. The molecule has 1 aromatic heterocycles. The summed E-state index contributed by atoms with van der Waals surface area (Å²) in [7, 11) is -0.583. The van der Waals surface area contributed by atoms with Crippen molar-refractivity contribution < 1.29 is 13.6 Å². The van der Waals surface area contributed by atoms with Crippen molar-refractivity contribution in [1.82, 2.24) is 9.97 Å². The van der Waals surface area contributed by atoms with Crippen molar-refractivity contribution >= 4 is 45.1 Å². The number of nitrogens with zero attached hydrogens (tertiary/aromatic N) is 3. The van der Waals surface area contributed by atoms with Gasteiger partial charge in [0.1, 0.15) is 11.6 Å². The van der Waals surface area contributed by atoms with Crippen LogP contribution in [0.15, 0.2) is 24.3 Å². The highest BCUT2D eigenvalue weighted by molar-refractivity contribution is 8.32. The van der Waals surface area contributed by atoms with E-state index in [9.17, 15) is 13.6 Å². The van der Waals surface area contributed by atoms with Gasteiger partial charge in [0.25, 0.3) is 5.91 Å². The van der Waals surface area contributed by atoms with Gasteiger partial charge in [-0.05, 0) is 62.0 Å². The summed E-state index contributed by atoms with van der Waals surface area (Å²) in [6.07, 6.45) is 5.15. The zero-order valence-electron chi connectivity index (χ0n) is 21.6. The summed E-state index contributed by atoms with van der Waals surface area (Å²) < 4.78 is 30.6. The highest BCUT2D eigenvalue weighted by atomic mass is 32.3. The molecule has 4 rings (SSSR count). The fourth-order valence-corrected chi connectivity index (χ4v) is 6.77. The Morgan fingerprint density at radius 1 is 1.17 bits per heavy atom. The van der Waals surface area contributed by atoms with Crippen LogP contribution in [0.5, 0.6) is 0 Å². The number of carbonyl (C=O) groups excluding carboxylic acids is 1. The predicted octanol–water partition coefficient (Wildman–Crippen LogP) is 6.29. The van der Waals surface area contributed by atoms with Crippen molar-refractivity contribution in [2.45, 2.75) is 51.4 Å². The lowest BCUT2D eigenvalue weighted by atomic mass is 9.86. The third-order valence-electron chi connectivity index (χ3n) is 6.94.